The summed E-state index contributed by atoms with van der Waals surface area (Å²) in [5.41, 5.74) is 3.82. The molecule has 5 heteroatoms. The summed E-state index contributed by atoms with van der Waals surface area (Å²) >= 11 is 0. The number of aromatic nitrogens is 3. The van der Waals surface area contributed by atoms with Crippen molar-refractivity contribution in [3.63, 3.8) is 0 Å². The topological polar surface area (TPSA) is 59.8 Å². The summed E-state index contributed by atoms with van der Waals surface area (Å²) in [6.07, 6.45) is 5.29. The number of carbonyl (C=O) groups excluding carboxylic acids is 1. The van der Waals surface area contributed by atoms with Crippen molar-refractivity contribution in [3.05, 3.63) is 54.0 Å². The fourth-order valence-electron chi connectivity index (χ4n) is 2.92. The van der Waals surface area contributed by atoms with Gasteiger partial charge in [-0.1, -0.05) is 19.1 Å². The van der Waals surface area contributed by atoms with Crippen LogP contribution < -0.4 is 5.32 Å². The van der Waals surface area contributed by atoms with Gasteiger partial charge in [0.05, 0.1) is 6.42 Å². The van der Waals surface area contributed by atoms with Crippen LogP contribution in [0.4, 0.5) is 0 Å². The molecule has 0 saturated heterocycles. The van der Waals surface area contributed by atoms with Crippen molar-refractivity contribution in [3.8, 4) is 5.69 Å². The number of fused-ring (bicyclic) bond motifs is 1. The molecule has 5 nitrogen and oxygen atoms in total. The molecule has 0 unspecified atom stereocenters. The Labute approximate surface area is 140 Å². The molecular formula is C19H20N4O. The van der Waals surface area contributed by atoms with E-state index < -0.39 is 0 Å². The van der Waals surface area contributed by atoms with Gasteiger partial charge in [-0.05, 0) is 42.7 Å². The third kappa shape index (κ3) is 2.89. The van der Waals surface area contributed by atoms with Gasteiger partial charge in [0.2, 0.25) is 5.91 Å². The Morgan fingerprint density at radius 2 is 2.04 bits per heavy atom. The number of hydrogen-bond acceptors (Lipinski definition) is 3. The molecule has 0 aliphatic heterocycles. The zero-order valence-corrected chi connectivity index (χ0v) is 13.7. The van der Waals surface area contributed by atoms with Crippen LogP contribution in [0.2, 0.25) is 0 Å². The van der Waals surface area contributed by atoms with Gasteiger partial charge in [0.1, 0.15) is 11.3 Å². The van der Waals surface area contributed by atoms with Gasteiger partial charge in [-0.3, -0.25) is 9.36 Å². The smallest absolute Gasteiger partial charge is 0.224 e. The number of rotatable bonds is 5. The van der Waals surface area contributed by atoms with Gasteiger partial charge in [-0.2, -0.15) is 0 Å². The van der Waals surface area contributed by atoms with Crippen LogP contribution in [0.15, 0.2) is 42.6 Å². The minimum Gasteiger partial charge on any atom is -0.353 e. The number of nitrogens with one attached hydrogen (secondary N) is 1. The highest BCUT2D eigenvalue weighted by atomic mass is 16.1. The largest absolute Gasteiger partial charge is 0.353 e. The highest BCUT2D eigenvalue weighted by Crippen LogP contribution is 2.21. The van der Waals surface area contributed by atoms with Gasteiger partial charge in [0.15, 0.2) is 5.65 Å². The van der Waals surface area contributed by atoms with E-state index in [1.807, 2.05) is 36.4 Å². The molecule has 3 aromatic rings. The summed E-state index contributed by atoms with van der Waals surface area (Å²) in [5.74, 6) is 1.09. The molecule has 0 radical (unpaired) electrons. The minimum absolute atomic E-state index is 0.106. The lowest BCUT2D eigenvalue weighted by molar-refractivity contribution is -0.120. The average molecular weight is 320 g/mol. The van der Waals surface area contributed by atoms with Crippen LogP contribution in [0.5, 0.6) is 0 Å². The van der Waals surface area contributed by atoms with E-state index in [0.29, 0.717) is 12.5 Å². The lowest BCUT2D eigenvalue weighted by Gasteiger charge is -2.09. The van der Waals surface area contributed by atoms with Gasteiger partial charge >= 0.3 is 0 Å². The maximum Gasteiger partial charge on any atom is 0.224 e. The van der Waals surface area contributed by atoms with E-state index in [9.17, 15) is 4.79 Å². The normalized spacial score (nSPS) is 14.0. The summed E-state index contributed by atoms with van der Waals surface area (Å²) in [6.45, 7) is 2.09. The van der Waals surface area contributed by atoms with Crippen LogP contribution in [-0.2, 0) is 17.6 Å². The highest BCUT2D eigenvalue weighted by molar-refractivity contribution is 5.79. The first-order chi connectivity index (χ1) is 11.7. The van der Waals surface area contributed by atoms with Crippen molar-refractivity contribution in [2.24, 2.45) is 0 Å². The Hall–Kier alpha value is -2.69. The molecule has 1 aliphatic rings. The Morgan fingerprint density at radius 3 is 2.75 bits per heavy atom. The third-order valence-electron chi connectivity index (χ3n) is 4.30. The second kappa shape index (κ2) is 6.07. The predicted octanol–water partition coefficient (Wildman–Crippen LogP) is 2.80. The van der Waals surface area contributed by atoms with Crippen molar-refractivity contribution in [1.29, 1.82) is 0 Å². The number of pyridine rings is 1. The van der Waals surface area contributed by atoms with Crippen molar-refractivity contribution in [2.45, 2.75) is 38.6 Å². The lowest BCUT2D eigenvalue weighted by Crippen LogP contribution is -2.26. The molecule has 1 aliphatic carbocycles. The monoisotopic (exact) mass is 320 g/mol. The Balaban J connectivity index is 1.61. The number of hydrogen-bond donors (Lipinski definition) is 1. The van der Waals surface area contributed by atoms with Gasteiger partial charge in [0.25, 0.3) is 0 Å². The van der Waals surface area contributed by atoms with E-state index in [2.05, 4.69) is 26.8 Å². The first-order valence-corrected chi connectivity index (χ1v) is 8.45. The fraction of sp³-hybridized carbons (Fsp3) is 0.316. The molecule has 1 aromatic carbocycles. The molecule has 0 spiro atoms. The van der Waals surface area contributed by atoms with Crippen LogP contribution in [0.25, 0.3) is 16.9 Å². The molecular weight excluding hydrogens is 300 g/mol. The summed E-state index contributed by atoms with van der Waals surface area (Å²) in [5, 5.41) is 3.02. The standard InChI is InChI=1S/C19H20N4O/c1-2-17-22-16-4-3-11-20-19(16)23(17)15-9-5-13(6-10-15)12-18(24)21-14-7-8-14/h3-6,9-11,14H,2,7-8,12H2,1H3,(H,21,24). The zero-order chi connectivity index (χ0) is 16.5. The quantitative estimate of drug-likeness (QED) is 0.786. The fourth-order valence-corrected chi connectivity index (χ4v) is 2.92. The maximum atomic E-state index is 11.9. The number of imidazole rings is 1. The van der Waals surface area contributed by atoms with Gasteiger partial charge in [-0.25, -0.2) is 9.97 Å². The molecule has 122 valence electrons. The summed E-state index contributed by atoms with van der Waals surface area (Å²) in [4.78, 5) is 21.0. The average Bonchev–Trinajstić information content (AvgIpc) is 3.32. The number of amides is 1. The second-order valence-electron chi connectivity index (χ2n) is 6.25. The first-order valence-electron chi connectivity index (χ1n) is 8.45. The lowest BCUT2D eigenvalue weighted by atomic mass is 10.1. The highest BCUT2D eigenvalue weighted by Gasteiger charge is 2.23. The number of nitrogens with zero attached hydrogens (tertiary/aromatic N) is 3. The number of carbonyl (C=O) groups is 1. The van der Waals surface area contributed by atoms with E-state index in [4.69, 9.17) is 0 Å². The van der Waals surface area contributed by atoms with E-state index in [0.717, 1.165) is 47.5 Å². The zero-order valence-electron chi connectivity index (χ0n) is 13.7. The van der Waals surface area contributed by atoms with Crippen molar-refractivity contribution in [1.82, 2.24) is 19.9 Å². The van der Waals surface area contributed by atoms with Crippen molar-refractivity contribution in [2.75, 3.05) is 0 Å². The van der Waals surface area contributed by atoms with E-state index >= 15 is 0 Å². The SMILES string of the molecule is CCc1nc2cccnc2n1-c1ccc(CC(=O)NC2CC2)cc1. The Bertz CT molecular complexity index is 878. The van der Waals surface area contributed by atoms with Crippen LogP contribution >= 0.6 is 0 Å². The van der Waals surface area contributed by atoms with Crippen molar-refractivity contribution < 1.29 is 4.79 Å². The second-order valence-corrected chi connectivity index (χ2v) is 6.25. The molecule has 4 rings (SSSR count). The summed E-state index contributed by atoms with van der Waals surface area (Å²) < 4.78 is 2.09. The van der Waals surface area contributed by atoms with E-state index in [1.54, 1.807) is 6.20 Å². The number of benzene rings is 1. The van der Waals surface area contributed by atoms with Crippen molar-refractivity contribution >= 4 is 17.1 Å². The molecule has 2 heterocycles. The summed E-state index contributed by atoms with van der Waals surface area (Å²) in [6, 6.07) is 12.4. The van der Waals surface area contributed by atoms with Gasteiger partial charge < -0.3 is 5.32 Å². The maximum absolute atomic E-state index is 11.9. The van der Waals surface area contributed by atoms with Crippen LogP contribution in [0, 0.1) is 0 Å². The molecule has 1 fully saturated rings. The Kier molecular flexibility index (Phi) is 3.76. The van der Waals surface area contributed by atoms with Crippen LogP contribution in [0.3, 0.4) is 0 Å². The van der Waals surface area contributed by atoms with Crippen LogP contribution in [-0.4, -0.2) is 26.5 Å². The van der Waals surface area contributed by atoms with E-state index in [-0.39, 0.29) is 5.91 Å². The molecule has 0 atom stereocenters. The van der Waals surface area contributed by atoms with Gasteiger partial charge in [0, 0.05) is 24.3 Å². The molecule has 1 N–H and O–H groups in total. The molecule has 1 saturated carbocycles. The number of aryl methyl sites for hydroxylation is 1. The minimum atomic E-state index is 0.106. The summed E-state index contributed by atoms with van der Waals surface area (Å²) in [7, 11) is 0. The predicted molar refractivity (Wildman–Crippen MR) is 93.1 cm³/mol. The Morgan fingerprint density at radius 1 is 1.25 bits per heavy atom. The molecule has 24 heavy (non-hydrogen) atoms. The first kappa shape index (κ1) is 14.9. The van der Waals surface area contributed by atoms with Crippen LogP contribution in [0.1, 0.15) is 31.2 Å². The molecule has 1 amide bonds. The molecule has 0 bridgehead atoms. The molecule has 2 aromatic heterocycles. The van der Waals surface area contributed by atoms with E-state index in [1.165, 1.54) is 0 Å². The third-order valence-corrected chi connectivity index (χ3v) is 4.30. The van der Waals surface area contributed by atoms with Gasteiger partial charge in [-0.15, -0.1) is 0 Å².